The fourth-order valence-electron chi connectivity index (χ4n) is 1.79. The number of nitrogens with one attached hydrogen (secondary N) is 1. The van der Waals surface area contributed by atoms with Gasteiger partial charge < -0.3 is 0 Å². The molecule has 0 aromatic heterocycles. The third-order valence-corrected chi connectivity index (χ3v) is 4.42. The summed E-state index contributed by atoms with van der Waals surface area (Å²) in [5.41, 5.74) is 3.32. The van der Waals surface area contributed by atoms with E-state index in [9.17, 15) is 8.42 Å². The monoisotopic (exact) mass is 321 g/mol. The third-order valence-electron chi connectivity index (χ3n) is 3.17. The van der Waals surface area contributed by atoms with Gasteiger partial charge in [0.05, 0.1) is 11.1 Å². The first kappa shape index (κ1) is 15.6. The van der Waals surface area contributed by atoms with Gasteiger partial charge in [0.2, 0.25) is 0 Å². The Balaban J connectivity index is 2.19. The number of halogens is 1. The Morgan fingerprint density at radius 2 is 1.71 bits per heavy atom. The summed E-state index contributed by atoms with van der Waals surface area (Å²) >= 11 is 5.79. The van der Waals surface area contributed by atoms with Crippen molar-refractivity contribution in [2.24, 2.45) is 0 Å². The van der Waals surface area contributed by atoms with E-state index in [4.69, 9.17) is 11.6 Å². The summed E-state index contributed by atoms with van der Waals surface area (Å²) in [5.74, 6) is 0. The molecule has 0 amide bonds. The lowest BCUT2D eigenvalue weighted by Gasteiger charge is -2.09. The van der Waals surface area contributed by atoms with Crippen LogP contribution in [-0.4, -0.2) is 8.42 Å². The van der Waals surface area contributed by atoms with Gasteiger partial charge in [-0.2, -0.15) is 0 Å². The number of hydrogen-bond acceptors (Lipinski definition) is 2. The Bertz CT molecular complexity index is 765. The fraction of sp³-hybridized carbons (Fsp3) is 0.125. The fourth-order valence-corrected chi connectivity index (χ4v) is 2.85. The van der Waals surface area contributed by atoms with Gasteiger partial charge in [-0.15, -0.1) is 0 Å². The van der Waals surface area contributed by atoms with Gasteiger partial charge in [-0.25, -0.2) is 8.42 Å². The molecule has 0 aliphatic heterocycles. The largest absolute Gasteiger partial charge is 0.280 e. The molecular weight excluding hydrogens is 306 g/mol. The van der Waals surface area contributed by atoms with Crippen molar-refractivity contribution in [3.8, 4) is 0 Å². The van der Waals surface area contributed by atoms with E-state index in [2.05, 4.69) is 4.72 Å². The molecule has 5 heteroatoms. The summed E-state index contributed by atoms with van der Waals surface area (Å²) in [5, 5.41) is 1.77. The zero-order valence-corrected chi connectivity index (χ0v) is 13.4. The summed E-state index contributed by atoms with van der Waals surface area (Å²) in [6.45, 7) is 3.83. The van der Waals surface area contributed by atoms with Gasteiger partial charge in [0.15, 0.2) is 0 Å². The van der Waals surface area contributed by atoms with Crippen LogP contribution in [0, 0.1) is 13.8 Å². The lowest BCUT2D eigenvalue weighted by molar-refractivity contribution is 0.609. The Hall–Kier alpha value is -1.78. The van der Waals surface area contributed by atoms with Gasteiger partial charge in [0.1, 0.15) is 0 Å². The zero-order valence-electron chi connectivity index (χ0n) is 11.8. The van der Waals surface area contributed by atoms with Gasteiger partial charge in [-0.05, 0) is 54.8 Å². The van der Waals surface area contributed by atoms with E-state index in [1.165, 1.54) is 6.08 Å². The summed E-state index contributed by atoms with van der Waals surface area (Å²) in [4.78, 5) is 0. The molecule has 3 nitrogen and oxygen atoms in total. The predicted molar refractivity (Wildman–Crippen MR) is 88.9 cm³/mol. The van der Waals surface area contributed by atoms with E-state index in [1.54, 1.807) is 30.3 Å². The summed E-state index contributed by atoms with van der Waals surface area (Å²) < 4.78 is 26.7. The third kappa shape index (κ3) is 4.34. The topological polar surface area (TPSA) is 46.2 Å². The minimum absolute atomic E-state index is 0.593. The van der Waals surface area contributed by atoms with Gasteiger partial charge >= 0.3 is 0 Å². The smallest absolute Gasteiger partial charge is 0.255 e. The molecular formula is C16H16ClNO2S. The maximum absolute atomic E-state index is 12.1. The number of hydrogen-bond donors (Lipinski definition) is 1. The minimum Gasteiger partial charge on any atom is -0.280 e. The molecule has 0 atom stereocenters. The standard InChI is InChI=1S/C16H16ClNO2S/c1-12-4-3-5-16(13(12)2)18-21(19,20)11-10-14-6-8-15(17)9-7-14/h3-11,18H,1-2H3/b11-10+. The molecule has 110 valence electrons. The number of aryl methyl sites for hydroxylation is 1. The molecule has 1 N–H and O–H groups in total. The summed E-state index contributed by atoms with van der Waals surface area (Å²) in [7, 11) is -3.55. The maximum atomic E-state index is 12.1. The van der Waals surface area contributed by atoms with E-state index < -0.39 is 10.0 Å². The van der Waals surface area contributed by atoms with Crippen LogP contribution in [0.5, 0.6) is 0 Å². The quantitative estimate of drug-likeness (QED) is 0.909. The van der Waals surface area contributed by atoms with E-state index in [1.807, 2.05) is 26.0 Å². The number of anilines is 1. The van der Waals surface area contributed by atoms with Gasteiger partial charge in [0, 0.05) is 5.02 Å². The van der Waals surface area contributed by atoms with E-state index in [0.717, 1.165) is 22.1 Å². The van der Waals surface area contributed by atoms with Crippen LogP contribution in [-0.2, 0) is 10.0 Å². The lowest BCUT2D eigenvalue weighted by Crippen LogP contribution is -2.10. The molecule has 0 radical (unpaired) electrons. The number of benzene rings is 2. The second-order valence-electron chi connectivity index (χ2n) is 4.75. The van der Waals surface area contributed by atoms with Crippen molar-refractivity contribution >= 4 is 33.4 Å². The number of rotatable bonds is 4. The maximum Gasteiger partial charge on any atom is 0.255 e. The molecule has 0 fully saturated rings. The van der Waals surface area contributed by atoms with Gasteiger partial charge in [0.25, 0.3) is 10.0 Å². The highest BCUT2D eigenvalue weighted by Crippen LogP contribution is 2.20. The van der Waals surface area contributed by atoms with Crippen LogP contribution in [0.1, 0.15) is 16.7 Å². The van der Waals surface area contributed by atoms with Crippen molar-refractivity contribution in [2.75, 3.05) is 4.72 Å². The van der Waals surface area contributed by atoms with E-state index in [0.29, 0.717) is 10.7 Å². The van der Waals surface area contributed by atoms with Crippen molar-refractivity contribution in [1.29, 1.82) is 0 Å². The Kier molecular flexibility index (Phi) is 4.70. The Morgan fingerprint density at radius 1 is 1.05 bits per heavy atom. The van der Waals surface area contributed by atoms with E-state index in [-0.39, 0.29) is 0 Å². The van der Waals surface area contributed by atoms with Crippen LogP contribution >= 0.6 is 11.6 Å². The van der Waals surface area contributed by atoms with Gasteiger partial charge in [-0.3, -0.25) is 4.72 Å². The molecule has 0 heterocycles. The molecule has 0 spiro atoms. The molecule has 0 aliphatic carbocycles. The average Bonchev–Trinajstić information content (AvgIpc) is 2.43. The first-order chi connectivity index (χ1) is 9.87. The van der Waals surface area contributed by atoms with Crippen LogP contribution in [0.15, 0.2) is 47.9 Å². The Labute approximate surface area is 130 Å². The SMILES string of the molecule is Cc1cccc(NS(=O)(=O)/C=C/c2ccc(Cl)cc2)c1C. The zero-order chi connectivity index (χ0) is 15.5. The highest BCUT2D eigenvalue weighted by atomic mass is 35.5. The second-order valence-corrected chi connectivity index (χ2v) is 6.75. The molecule has 0 unspecified atom stereocenters. The van der Waals surface area contributed by atoms with Gasteiger partial charge in [-0.1, -0.05) is 35.9 Å². The van der Waals surface area contributed by atoms with Crippen molar-refractivity contribution in [2.45, 2.75) is 13.8 Å². The number of sulfonamides is 1. The predicted octanol–water partition coefficient (Wildman–Crippen LogP) is 4.37. The van der Waals surface area contributed by atoms with Crippen molar-refractivity contribution in [1.82, 2.24) is 0 Å². The second kappa shape index (κ2) is 6.33. The highest BCUT2D eigenvalue weighted by Gasteiger charge is 2.08. The molecule has 2 aromatic rings. The van der Waals surface area contributed by atoms with E-state index >= 15 is 0 Å². The van der Waals surface area contributed by atoms with Crippen LogP contribution in [0.3, 0.4) is 0 Å². The lowest BCUT2D eigenvalue weighted by atomic mass is 10.1. The van der Waals surface area contributed by atoms with Crippen LogP contribution in [0.4, 0.5) is 5.69 Å². The summed E-state index contributed by atoms with van der Waals surface area (Å²) in [6.07, 6.45) is 1.53. The molecule has 21 heavy (non-hydrogen) atoms. The van der Waals surface area contributed by atoms with Crippen LogP contribution in [0.2, 0.25) is 5.02 Å². The molecule has 0 saturated carbocycles. The molecule has 0 aliphatic rings. The first-order valence-electron chi connectivity index (χ1n) is 6.40. The van der Waals surface area contributed by atoms with Crippen molar-refractivity contribution < 1.29 is 8.42 Å². The molecule has 0 saturated heterocycles. The highest BCUT2D eigenvalue weighted by molar-refractivity contribution is 7.95. The minimum atomic E-state index is -3.55. The van der Waals surface area contributed by atoms with Crippen LogP contribution in [0.25, 0.3) is 6.08 Å². The van der Waals surface area contributed by atoms with Crippen molar-refractivity contribution in [3.05, 3.63) is 69.6 Å². The molecule has 2 rings (SSSR count). The molecule has 0 bridgehead atoms. The van der Waals surface area contributed by atoms with Crippen molar-refractivity contribution in [3.63, 3.8) is 0 Å². The summed E-state index contributed by atoms with van der Waals surface area (Å²) in [6, 6.07) is 12.5. The Morgan fingerprint density at radius 3 is 2.38 bits per heavy atom. The normalized spacial score (nSPS) is 11.8. The molecule has 2 aromatic carbocycles. The van der Waals surface area contributed by atoms with Crippen LogP contribution < -0.4 is 4.72 Å². The average molecular weight is 322 g/mol. The first-order valence-corrected chi connectivity index (χ1v) is 8.32.